The van der Waals surface area contributed by atoms with Crippen LogP contribution >= 0.6 is 23.2 Å². The Bertz CT molecular complexity index is 592. The van der Waals surface area contributed by atoms with Gasteiger partial charge in [0.2, 0.25) is 5.91 Å². The molecule has 1 amide bonds. The second kappa shape index (κ2) is 6.64. The number of amides is 1. The minimum atomic E-state index is -0.110. The second-order valence-electron chi connectivity index (χ2n) is 4.19. The third kappa shape index (κ3) is 3.89. The molecule has 2 aromatic rings. The fraction of sp³-hybridized carbons (Fsp3) is 0.133. The zero-order valence-electron chi connectivity index (χ0n) is 10.8. The Morgan fingerprint density at radius 2 is 1.70 bits per heavy atom. The lowest BCUT2D eigenvalue weighted by Crippen LogP contribution is -2.05. The number of ether oxygens (including phenoxy) is 1. The van der Waals surface area contributed by atoms with E-state index < -0.39 is 0 Å². The fourth-order valence-electron chi connectivity index (χ4n) is 1.66. The highest BCUT2D eigenvalue weighted by molar-refractivity contribution is 6.35. The van der Waals surface area contributed by atoms with E-state index in [0.29, 0.717) is 15.8 Å². The standard InChI is InChI=1S/C15H13Cl2NO2/c1-10(19)18-11-5-7-12(8-6-11)20-9-13-14(16)3-2-4-15(13)17/h2-8H,9H2,1H3,(H,18,19). The molecular formula is C15H13Cl2NO2. The second-order valence-corrected chi connectivity index (χ2v) is 5.01. The molecule has 1 N–H and O–H groups in total. The number of carbonyl (C=O) groups is 1. The lowest BCUT2D eigenvalue weighted by Gasteiger charge is -2.10. The van der Waals surface area contributed by atoms with Crippen molar-refractivity contribution in [2.24, 2.45) is 0 Å². The predicted molar refractivity (Wildman–Crippen MR) is 81.5 cm³/mol. The van der Waals surface area contributed by atoms with Crippen molar-refractivity contribution >= 4 is 34.8 Å². The molecular weight excluding hydrogens is 297 g/mol. The predicted octanol–water partition coefficient (Wildman–Crippen LogP) is 4.53. The Labute approximate surface area is 127 Å². The molecule has 0 aromatic heterocycles. The third-order valence-corrected chi connectivity index (χ3v) is 3.33. The summed E-state index contributed by atoms with van der Waals surface area (Å²) in [5.41, 5.74) is 1.47. The molecule has 0 atom stereocenters. The van der Waals surface area contributed by atoms with Crippen molar-refractivity contribution < 1.29 is 9.53 Å². The van der Waals surface area contributed by atoms with Crippen LogP contribution in [0.1, 0.15) is 12.5 Å². The molecule has 0 spiro atoms. The van der Waals surface area contributed by atoms with Crippen LogP contribution in [0.3, 0.4) is 0 Å². The summed E-state index contributed by atoms with van der Waals surface area (Å²) in [4.78, 5) is 10.9. The Hall–Kier alpha value is -1.71. The van der Waals surface area contributed by atoms with E-state index in [-0.39, 0.29) is 12.5 Å². The van der Waals surface area contributed by atoms with Gasteiger partial charge in [-0.3, -0.25) is 4.79 Å². The summed E-state index contributed by atoms with van der Waals surface area (Å²) in [5, 5.41) is 3.84. The number of benzene rings is 2. The average Bonchev–Trinajstić information content (AvgIpc) is 2.39. The van der Waals surface area contributed by atoms with Gasteiger partial charge in [-0.05, 0) is 36.4 Å². The summed E-state index contributed by atoms with van der Waals surface area (Å²) in [5.74, 6) is 0.566. The van der Waals surface area contributed by atoms with Crippen LogP contribution in [0.4, 0.5) is 5.69 Å². The first-order chi connectivity index (χ1) is 9.56. The van der Waals surface area contributed by atoms with E-state index >= 15 is 0 Å². The normalized spacial score (nSPS) is 10.2. The first-order valence-corrected chi connectivity index (χ1v) is 6.75. The van der Waals surface area contributed by atoms with Crippen LogP contribution in [-0.2, 0) is 11.4 Å². The molecule has 0 unspecified atom stereocenters. The molecule has 0 aliphatic carbocycles. The smallest absolute Gasteiger partial charge is 0.221 e. The quantitative estimate of drug-likeness (QED) is 0.901. The maximum Gasteiger partial charge on any atom is 0.221 e. The zero-order chi connectivity index (χ0) is 14.5. The van der Waals surface area contributed by atoms with E-state index in [2.05, 4.69) is 5.32 Å². The van der Waals surface area contributed by atoms with E-state index in [1.54, 1.807) is 42.5 Å². The van der Waals surface area contributed by atoms with E-state index in [4.69, 9.17) is 27.9 Å². The van der Waals surface area contributed by atoms with E-state index in [9.17, 15) is 4.79 Å². The summed E-state index contributed by atoms with van der Waals surface area (Å²) in [7, 11) is 0. The molecule has 0 radical (unpaired) electrons. The highest BCUT2D eigenvalue weighted by Crippen LogP contribution is 2.26. The van der Waals surface area contributed by atoms with Crippen molar-refractivity contribution in [2.45, 2.75) is 13.5 Å². The van der Waals surface area contributed by atoms with Gasteiger partial charge < -0.3 is 10.1 Å². The molecule has 104 valence electrons. The number of nitrogens with one attached hydrogen (secondary N) is 1. The number of hydrogen-bond acceptors (Lipinski definition) is 2. The molecule has 0 heterocycles. The Morgan fingerprint density at radius 1 is 1.10 bits per heavy atom. The van der Waals surface area contributed by atoms with Crippen molar-refractivity contribution in [1.82, 2.24) is 0 Å². The minimum absolute atomic E-state index is 0.110. The van der Waals surface area contributed by atoms with Gasteiger partial charge in [0.15, 0.2) is 0 Å². The van der Waals surface area contributed by atoms with Crippen molar-refractivity contribution in [3.05, 3.63) is 58.1 Å². The lowest BCUT2D eigenvalue weighted by molar-refractivity contribution is -0.114. The summed E-state index contributed by atoms with van der Waals surface area (Å²) in [6, 6.07) is 12.4. The molecule has 2 rings (SSSR count). The molecule has 0 aliphatic heterocycles. The monoisotopic (exact) mass is 309 g/mol. The third-order valence-electron chi connectivity index (χ3n) is 2.62. The van der Waals surface area contributed by atoms with Gasteiger partial charge in [0, 0.05) is 28.2 Å². The van der Waals surface area contributed by atoms with Crippen LogP contribution in [0.15, 0.2) is 42.5 Å². The van der Waals surface area contributed by atoms with Crippen molar-refractivity contribution in [2.75, 3.05) is 5.32 Å². The van der Waals surface area contributed by atoms with Gasteiger partial charge in [-0.25, -0.2) is 0 Å². The van der Waals surface area contributed by atoms with Crippen LogP contribution < -0.4 is 10.1 Å². The van der Waals surface area contributed by atoms with E-state index in [1.807, 2.05) is 0 Å². The highest BCUT2D eigenvalue weighted by Gasteiger charge is 2.06. The summed E-state index contributed by atoms with van der Waals surface area (Å²) in [6.45, 7) is 1.75. The van der Waals surface area contributed by atoms with Gasteiger partial charge in [-0.15, -0.1) is 0 Å². The molecule has 0 aliphatic rings. The van der Waals surface area contributed by atoms with Crippen molar-refractivity contribution in [3.8, 4) is 5.75 Å². The van der Waals surface area contributed by atoms with Gasteiger partial charge in [-0.2, -0.15) is 0 Å². The molecule has 3 nitrogen and oxygen atoms in total. The zero-order valence-corrected chi connectivity index (χ0v) is 12.3. The topological polar surface area (TPSA) is 38.3 Å². The molecule has 0 saturated carbocycles. The van der Waals surface area contributed by atoms with Gasteiger partial charge in [0.05, 0.1) is 0 Å². The number of hydrogen-bond donors (Lipinski definition) is 1. The molecule has 0 fully saturated rings. The number of carbonyl (C=O) groups excluding carboxylic acids is 1. The Balaban J connectivity index is 2.02. The summed E-state index contributed by atoms with van der Waals surface area (Å²) in [6.07, 6.45) is 0. The Kier molecular flexibility index (Phi) is 4.88. The maximum atomic E-state index is 10.9. The van der Waals surface area contributed by atoms with Crippen LogP contribution in [-0.4, -0.2) is 5.91 Å². The van der Waals surface area contributed by atoms with Crippen LogP contribution in [0.25, 0.3) is 0 Å². The van der Waals surface area contributed by atoms with Crippen LogP contribution in [0.2, 0.25) is 10.0 Å². The van der Waals surface area contributed by atoms with Gasteiger partial charge >= 0.3 is 0 Å². The van der Waals surface area contributed by atoms with Crippen molar-refractivity contribution in [1.29, 1.82) is 0 Å². The largest absolute Gasteiger partial charge is 0.489 e. The van der Waals surface area contributed by atoms with Crippen LogP contribution in [0.5, 0.6) is 5.75 Å². The minimum Gasteiger partial charge on any atom is -0.489 e. The van der Waals surface area contributed by atoms with E-state index in [1.165, 1.54) is 6.92 Å². The lowest BCUT2D eigenvalue weighted by atomic mass is 10.2. The summed E-state index contributed by atoms with van der Waals surface area (Å²) >= 11 is 12.1. The average molecular weight is 310 g/mol. The fourth-order valence-corrected chi connectivity index (χ4v) is 2.17. The van der Waals surface area contributed by atoms with Gasteiger partial charge in [-0.1, -0.05) is 29.3 Å². The molecule has 20 heavy (non-hydrogen) atoms. The van der Waals surface area contributed by atoms with Crippen LogP contribution in [0, 0.1) is 0 Å². The SMILES string of the molecule is CC(=O)Nc1ccc(OCc2c(Cl)cccc2Cl)cc1. The molecule has 2 aromatic carbocycles. The number of anilines is 1. The molecule has 5 heteroatoms. The molecule has 0 bridgehead atoms. The summed E-state index contributed by atoms with van der Waals surface area (Å²) < 4.78 is 5.63. The highest BCUT2D eigenvalue weighted by atomic mass is 35.5. The van der Waals surface area contributed by atoms with Gasteiger partial charge in [0.1, 0.15) is 12.4 Å². The first-order valence-electron chi connectivity index (χ1n) is 5.99. The first kappa shape index (κ1) is 14.7. The maximum absolute atomic E-state index is 10.9. The number of halogens is 2. The Morgan fingerprint density at radius 3 is 2.25 bits per heavy atom. The molecule has 0 saturated heterocycles. The number of rotatable bonds is 4. The van der Waals surface area contributed by atoms with Crippen molar-refractivity contribution in [3.63, 3.8) is 0 Å². The van der Waals surface area contributed by atoms with Gasteiger partial charge in [0.25, 0.3) is 0 Å². The van der Waals surface area contributed by atoms with E-state index in [0.717, 1.165) is 11.3 Å².